The van der Waals surface area contributed by atoms with Crippen LogP contribution >= 0.6 is 0 Å². The summed E-state index contributed by atoms with van der Waals surface area (Å²) in [5.74, 6) is 0.0145. The summed E-state index contributed by atoms with van der Waals surface area (Å²) in [6, 6.07) is 6.15. The van der Waals surface area contributed by atoms with E-state index in [1.807, 2.05) is 30.0 Å². The number of rotatable bonds is 4. The third-order valence-corrected chi connectivity index (χ3v) is 2.94. The second kappa shape index (κ2) is 4.61. The Kier molecular flexibility index (Phi) is 3.19. The topological polar surface area (TPSA) is 59.2 Å². The summed E-state index contributed by atoms with van der Waals surface area (Å²) < 4.78 is 0. The number of nitrogens with two attached hydrogens (primary N) is 1. The zero-order valence-corrected chi connectivity index (χ0v) is 9.47. The van der Waals surface area contributed by atoms with Crippen LogP contribution in [0, 0.1) is 0 Å². The molecule has 2 rings (SSSR count). The maximum Gasteiger partial charge on any atom is 0.237 e. The number of carbonyl (C=O) groups is 1. The SMILES string of the molecule is C[C@@H](c1ccccn1)N(C(=O)CN)C1CC1. The Bertz CT molecular complexity index is 362. The highest BCUT2D eigenvalue weighted by Crippen LogP contribution is 2.33. The van der Waals surface area contributed by atoms with Crippen LogP contribution < -0.4 is 5.73 Å². The fourth-order valence-corrected chi connectivity index (χ4v) is 1.96. The Morgan fingerprint density at radius 3 is 2.88 bits per heavy atom. The van der Waals surface area contributed by atoms with E-state index in [2.05, 4.69) is 4.98 Å². The number of amides is 1. The van der Waals surface area contributed by atoms with Crippen LogP contribution in [0.15, 0.2) is 24.4 Å². The zero-order valence-electron chi connectivity index (χ0n) is 9.47. The van der Waals surface area contributed by atoms with Crippen molar-refractivity contribution < 1.29 is 4.79 Å². The van der Waals surface area contributed by atoms with Crippen LogP contribution in [-0.2, 0) is 4.79 Å². The molecule has 1 aliphatic rings. The monoisotopic (exact) mass is 219 g/mol. The summed E-state index contributed by atoms with van der Waals surface area (Å²) in [4.78, 5) is 18.0. The molecule has 1 saturated carbocycles. The summed E-state index contributed by atoms with van der Waals surface area (Å²) in [5, 5.41) is 0. The first-order chi connectivity index (χ1) is 7.74. The van der Waals surface area contributed by atoms with Gasteiger partial charge in [-0.3, -0.25) is 9.78 Å². The van der Waals surface area contributed by atoms with E-state index in [1.54, 1.807) is 6.20 Å². The van der Waals surface area contributed by atoms with Crippen molar-refractivity contribution in [3.05, 3.63) is 30.1 Å². The van der Waals surface area contributed by atoms with E-state index >= 15 is 0 Å². The number of nitrogens with zero attached hydrogens (tertiary/aromatic N) is 2. The van der Waals surface area contributed by atoms with Crippen molar-refractivity contribution in [2.24, 2.45) is 5.73 Å². The van der Waals surface area contributed by atoms with Crippen LogP contribution in [0.4, 0.5) is 0 Å². The van der Waals surface area contributed by atoms with Gasteiger partial charge in [-0.1, -0.05) is 6.07 Å². The van der Waals surface area contributed by atoms with Gasteiger partial charge in [-0.05, 0) is 31.9 Å². The van der Waals surface area contributed by atoms with Gasteiger partial charge in [0.1, 0.15) is 0 Å². The van der Waals surface area contributed by atoms with E-state index in [0.29, 0.717) is 6.04 Å². The number of hydrogen-bond donors (Lipinski definition) is 1. The highest BCUT2D eigenvalue weighted by atomic mass is 16.2. The van der Waals surface area contributed by atoms with Crippen LogP contribution in [0.2, 0.25) is 0 Å². The molecule has 0 bridgehead atoms. The number of pyridine rings is 1. The van der Waals surface area contributed by atoms with Gasteiger partial charge in [0.2, 0.25) is 5.91 Å². The lowest BCUT2D eigenvalue weighted by Crippen LogP contribution is -2.39. The average Bonchev–Trinajstić information content (AvgIpc) is 3.14. The predicted molar refractivity (Wildman–Crippen MR) is 61.6 cm³/mol. The van der Waals surface area contributed by atoms with Gasteiger partial charge in [-0.2, -0.15) is 0 Å². The summed E-state index contributed by atoms with van der Waals surface area (Å²) in [5.41, 5.74) is 6.37. The molecular formula is C12H17N3O. The van der Waals surface area contributed by atoms with Gasteiger partial charge < -0.3 is 10.6 Å². The summed E-state index contributed by atoms with van der Waals surface area (Å²) >= 11 is 0. The fraction of sp³-hybridized carbons (Fsp3) is 0.500. The van der Waals surface area contributed by atoms with E-state index in [9.17, 15) is 4.79 Å². The quantitative estimate of drug-likeness (QED) is 0.824. The molecular weight excluding hydrogens is 202 g/mol. The van der Waals surface area contributed by atoms with Crippen LogP contribution in [0.25, 0.3) is 0 Å². The van der Waals surface area contributed by atoms with Crippen LogP contribution in [0.3, 0.4) is 0 Å². The van der Waals surface area contributed by atoms with Gasteiger partial charge in [0.05, 0.1) is 18.3 Å². The van der Waals surface area contributed by atoms with Crippen molar-refractivity contribution in [3.8, 4) is 0 Å². The molecule has 86 valence electrons. The minimum absolute atomic E-state index is 0.0145. The smallest absolute Gasteiger partial charge is 0.237 e. The van der Waals surface area contributed by atoms with Gasteiger partial charge in [-0.15, -0.1) is 0 Å². The maximum atomic E-state index is 11.8. The highest BCUT2D eigenvalue weighted by molar-refractivity contribution is 5.79. The standard InChI is InChI=1S/C12H17N3O/c1-9(11-4-2-3-7-14-11)15(10-5-6-10)12(16)8-13/h2-4,7,9-10H,5-6,8,13H2,1H3/t9-/m0/s1. The van der Waals surface area contributed by atoms with Crippen molar-refractivity contribution in [3.63, 3.8) is 0 Å². The number of hydrogen-bond acceptors (Lipinski definition) is 3. The van der Waals surface area contributed by atoms with Crippen molar-refractivity contribution >= 4 is 5.91 Å². The lowest BCUT2D eigenvalue weighted by molar-refractivity contribution is -0.132. The first-order valence-corrected chi connectivity index (χ1v) is 5.66. The molecule has 1 aromatic rings. The third-order valence-electron chi connectivity index (χ3n) is 2.94. The third kappa shape index (κ3) is 2.22. The molecule has 0 aliphatic heterocycles. The van der Waals surface area contributed by atoms with Gasteiger partial charge >= 0.3 is 0 Å². The number of carbonyl (C=O) groups excluding carboxylic acids is 1. The molecule has 0 unspecified atom stereocenters. The molecule has 4 nitrogen and oxygen atoms in total. The molecule has 16 heavy (non-hydrogen) atoms. The molecule has 2 N–H and O–H groups in total. The Labute approximate surface area is 95.5 Å². The zero-order chi connectivity index (χ0) is 11.5. The van der Waals surface area contributed by atoms with Gasteiger partial charge in [0, 0.05) is 12.2 Å². The van der Waals surface area contributed by atoms with Crippen molar-refractivity contribution in [1.82, 2.24) is 9.88 Å². The van der Waals surface area contributed by atoms with Crippen LogP contribution in [0.1, 0.15) is 31.5 Å². The number of aromatic nitrogens is 1. The maximum absolute atomic E-state index is 11.8. The average molecular weight is 219 g/mol. The van der Waals surface area contributed by atoms with Crippen molar-refractivity contribution in [1.29, 1.82) is 0 Å². The second-order valence-corrected chi connectivity index (χ2v) is 4.17. The Balaban J connectivity index is 2.17. The largest absolute Gasteiger partial charge is 0.330 e. The summed E-state index contributed by atoms with van der Waals surface area (Å²) in [6.07, 6.45) is 3.93. The van der Waals surface area contributed by atoms with E-state index < -0.39 is 0 Å². The van der Waals surface area contributed by atoms with Gasteiger partial charge in [0.15, 0.2) is 0 Å². The lowest BCUT2D eigenvalue weighted by Gasteiger charge is -2.28. The molecule has 1 aromatic heterocycles. The molecule has 0 spiro atoms. The van der Waals surface area contributed by atoms with Crippen LogP contribution in [-0.4, -0.2) is 28.4 Å². The normalized spacial score (nSPS) is 16.9. The lowest BCUT2D eigenvalue weighted by atomic mass is 10.1. The molecule has 4 heteroatoms. The molecule has 1 atom stereocenters. The summed E-state index contributed by atoms with van der Waals surface area (Å²) in [7, 11) is 0. The Morgan fingerprint density at radius 1 is 1.62 bits per heavy atom. The highest BCUT2D eigenvalue weighted by Gasteiger charge is 2.35. The second-order valence-electron chi connectivity index (χ2n) is 4.17. The minimum Gasteiger partial charge on any atom is -0.330 e. The molecule has 0 saturated heterocycles. The fourth-order valence-electron chi connectivity index (χ4n) is 1.96. The van der Waals surface area contributed by atoms with E-state index in [-0.39, 0.29) is 18.5 Å². The summed E-state index contributed by atoms with van der Waals surface area (Å²) in [6.45, 7) is 2.09. The van der Waals surface area contributed by atoms with Crippen molar-refractivity contribution in [2.45, 2.75) is 31.8 Å². The first-order valence-electron chi connectivity index (χ1n) is 5.66. The van der Waals surface area contributed by atoms with Crippen LogP contribution in [0.5, 0.6) is 0 Å². The Hall–Kier alpha value is -1.42. The van der Waals surface area contributed by atoms with Crippen molar-refractivity contribution in [2.75, 3.05) is 6.54 Å². The molecule has 1 amide bonds. The Morgan fingerprint density at radius 2 is 2.38 bits per heavy atom. The minimum atomic E-state index is 0.0145. The molecule has 1 fully saturated rings. The predicted octanol–water partition coefficient (Wildman–Crippen LogP) is 1.09. The molecule has 1 aliphatic carbocycles. The molecule has 0 aromatic carbocycles. The van der Waals surface area contributed by atoms with E-state index in [4.69, 9.17) is 5.73 Å². The first kappa shape index (κ1) is 11.1. The van der Waals surface area contributed by atoms with Gasteiger partial charge in [-0.25, -0.2) is 0 Å². The molecule has 0 radical (unpaired) electrons. The van der Waals surface area contributed by atoms with E-state index in [1.165, 1.54) is 0 Å². The van der Waals surface area contributed by atoms with E-state index in [0.717, 1.165) is 18.5 Å². The molecule has 1 heterocycles. The van der Waals surface area contributed by atoms with Gasteiger partial charge in [0.25, 0.3) is 0 Å².